The number of hydrogen-bond acceptors (Lipinski definition) is 4. The molecule has 0 radical (unpaired) electrons. The summed E-state index contributed by atoms with van der Waals surface area (Å²) in [5.41, 5.74) is 2.28. The normalized spacial score (nSPS) is 27.0. The van der Waals surface area contributed by atoms with Crippen molar-refractivity contribution in [2.24, 2.45) is 11.8 Å². The Morgan fingerprint density at radius 2 is 1.25 bits per heavy atom. The van der Waals surface area contributed by atoms with Crippen LogP contribution in [-0.2, 0) is 9.59 Å². The summed E-state index contributed by atoms with van der Waals surface area (Å²) in [5.74, 6) is -0.830. The van der Waals surface area contributed by atoms with Crippen molar-refractivity contribution in [3.63, 3.8) is 0 Å². The molecule has 0 aromatic heterocycles. The van der Waals surface area contributed by atoms with Gasteiger partial charge in [0.2, 0.25) is 11.8 Å². The van der Waals surface area contributed by atoms with E-state index in [1.165, 1.54) is 17.0 Å². The molecule has 0 unspecified atom stereocenters. The highest BCUT2D eigenvalue weighted by Gasteiger charge is 2.52. The highest BCUT2D eigenvalue weighted by atomic mass is 79.9. The van der Waals surface area contributed by atoms with Crippen LogP contribution in [-0.4, -0.2) is 26.4 Å². The number of alkyl halides is 2. The third-order valence-electron chi connectivity index (χ3n) is 5.45. The molecule has 1 heterocycles. The SMILES string of the molecule is O=C1[C@@H]2C[C@H](Br)[C@@H](Br)C[C@H]2C(=O)N1c1ccc(-c2ccc([N+](=O)[O-])cc2)cc1. The molecule has 1 saturated heterocycles. The van der Waals surface area contributed by atoms with Crippen LogP contribution in [0.1, 0.15) is 12.8 Å². The van der Waals surface area contributed by atoms with Gasteiger partial charge >= 0.3 is 0 Å². The quantitative estimate of drug-likeness (QED) is 0.261. The Labute approximate surface area is 178 Å². The van der Waals surface area contributed by atoms with Gasteiger partial charge in [-0.25, -0.2) is 0 Å². The standard InChI is InChI=1S/C20H16Br2N2O4/c21-17-9-15-16(10-18(17)22)20(26)23(19(15)25)13-5-1-11(2-6-13)12-3-7-14(8-4-12)24(27)28/h1-8,15-18H,9-10H2/t15-,16-,17+,18+/m1/s1. The van der Waals surface area contributed by atoms with Crippen LogP contribution < -0.4 is 4.90 Å². The van der Waals surface area contributed by atoms with Crippen molar-refractivity contribution in [2.75, 3.05) is 4.90 Å². The molecule has 2 aromatic carbocycles. The minimum Gasteiger partial charge on any atom is -0.274 e. The third-order valence-corrected chi connectivity index (χ3v) is 8.18. The largest absolute Gasteiger partial charge is 0.274 e. The number of non-ortho nitro benzene ring substituents is 1. The van der Waals surface area contributed by atoms with E-state index in [0.717, 1.165) is 11.1 Å². The summed E-state index contributed by atoms with van der Waals surface area (Å²) in [6, 6.07) is 13.4. The minimum atomic E-state index is -0.439. The molecule has 28 heavy (non-hydrogen) atoms. The molecule has 1 saturated carbocycles. The molecular formula is C20H16Br2N2O4. The van der Waals surface area contributed by atoms with E-state index in [1.807, 2.05) is 12.1 Å². The zero-order valence-electron chi connectivity index (χ0n) is 14.6. The van der Waals surface area contributed by atoms with Crippen molar-refractivity contribution in [3.8, 4) is 11.1 Å². The van der Waals surface area contributed by atoms with Crippen molar-refractivity contribution >= 4 is 55.0 Å². The molecule has 2 aliphatic rings. The first-order chi connectivity index (χ1) is 13.4. The summed E-state index contributed by atoms with van der Waals surface area (Å²) in [6.45, 7) is 0. The molecule has 6 nitrogen and oxygen atoms in total. The van der Waals surface area contributed by atoms with Crippen molar-refractivity contribution in [3.05, 3.63) is 58.6 Å². The number of benzene rings is 2. The highest BCUT2D eigenvalue weighted by Crippen LogP contribution is 2.44. The van der Waals surface area contributed by atoms with Crippen LogP contribution in [0.5, 0.6) is 0 Å². The predicted molar refractivity (Wildman–Crippen MR) is 113 cm³/mol. The fourth-order valence-corrected chi connectivity index (χ4v) is 5.17. The Hall–Kier alpha value is -2.06. The van der Waals surface area contributed by atoms with E-state index < -0.39 is 4.92 Å². The number of halogens is 2. The molecule has 2 fully saturated rings. The smallest absolute Gasteiger partial charge is 0.269 e. The van der Waals surface area contributed by atoms with E-state index in [1.54, 1.807) is 24.3 Å². The van der Waals surface area contributed by atoms with Gasteiger partial charge in [-0.3, -0.25) is 24.6 Å². The van der Waals surface area contributed by atoms with Crippen LogP contribution in [0.15, 0.2) is 48.5 Å². The zero-order chi connectivity index (χ0) is 20.0. The number of rotatable bonds is 3. The summed E-state index contributed by atoms with van der Waals surface area (Å²) in [7, 11) is 0. The molecule has 1 aliphatic carbocycles. The van der Waals surface area contributed by atoms with Gasteiger partial charge in [0, 0.05) is 21.8 Å². The van der Waals surface area contributed by atoms with Gasteiger partial charge in [-0.15, -0.1) is 0 Å². The van der Waals surface area contributed by atoms with E-state index in [-0.39, 0.29) is 39.0 Å². The summed E-state index contributed by atoms with van der Waals surface area (Å²) in [5, 5.41) is 10.8. The average molecular weight is 508 g/mol. The minimum absolute atomic E-state index is 0.0337. The summed E-state index contributed by atoms with van der Waals surface area (Å²) < 4.78 is 0. The Kier molecular flexibility index (Phi) is 5.09. The summed E-state index contributed by atoms with van der Waals surface area (Å²) in [4.78, 5) is 37.7. The fourth-order valence-electron chi connectivity index (χ4n) is 3.93. The molecule has 0 spiro atoms. The van der Waals surface area contributed by atoms with Gasteiger partial charge in [-0.1, -0.05) is 44.0 Å². The number of nitrogens with zero attached hydrogens (tertiary/aromatic N) is 2. The second kappa shape index (κ2) is 7.40. The second-order valence-electron chi connectivity index (χ2n) is 7.08. The number of hydrogen-bond donors (Lipinski definition) is 0. The van der Waals surface area contributed by atoms with Crippen molar-refractivity contribution in [1.29, 1.82) is 0 Å². The number of nitro groups is 1. The lowest BCUT2D eigenvalue weighted by atomic mass is 9.81. The first kappa shape index (κ1) is 19.3. The number of fused-ring (bicyclic) bond motifs is 1. The first-order valence-electron chi connectivity index (χ1n) is 8.87. The van der Waals surface area contributed by atoms with Gasteiger partial charge in [0.25, 0.3) is 5.69 Å². The molecule has 2 amide bonds. The van der Waals surface area contributed by atoms with Crippen LogP contribution >= 0.6 is 31.9 Å². The Balaban J connectivity index is 1.58. The maximum Gasteiger partial charge on any atom is 0.269 e. The zero-order valence-corrected chi connectivity index (χ0v) is 17.8. The number of carbonyl (C=O) groups is 2. The third kappa shape index (κ3) is 3.28. The van der Waals surface area contributed by atoms with E-state index in [9.17, 15) is 19.7 Å². The molecule has 4 atom stereocenters. The van der Waals surface area contributed by atoms with Gasteiger partial charge in [0.15, 0.2) is 0 Å². The molecule has 8 heteroatoms. The Morgan fingerprint density at radius 3 is 1.68 bits per heavy atom. The molecule has 4 rings (SSSR count). The van der Waals surface area contributed by atoms with E-state index in [2.05, 4.69) is 31.9 Å². The monoisotopic (exact) mass is 506 g/mol. The van der Waals surface area contributed by atoms with Gasteiger partial charge in [0.1, 0.15) is 0 Å². The molecule has 2 aromatic rings. The Bertz CT molecular complexity index is 918. The lowest BCUT2D eigenvalue weighted by Gasteiger charge is -2.29. The van der Waals surface area contributed by atoms with Crippen LogP contribution in [0, 0.1) is 22.0 Å². The van der Waals surface area contributed by atoms with E-state index in [4.69, 9.17) is 0 Å². The number of imide groups is 1. The first-order valence-corrected chi connectivity index (χ1v) is 10.7. The maximum absolute atomic E-state index is 12.9. The van der Waals surface area contributed by atoms with Crippen LogP contribution in [0.3, 0.4) is 0 Å². The molecule has 0 N–H and O–H groups in total. The van der Waals surface area contributed by atoms with Crippen LogP contribution in [0.25, 0.3) is 11.1 Å². The van der Waals surface area contributed by atoms with E-state index >= 15 is 0 Å². The van der Waals surface area contributed by atoms with Crippen molar-refractivity contribution in [2.45, 2.75) is 22.5 Å². The summed E-state index contributed by atoms with van der Waals surface area (Å²) in [6.07, 6.45) is 1.28. The van der Waals surface area contributed by atoms with Crippen LogP contribution in [0.2, 0.25) is 0 Å². The highest BCUT2D eigenvalue weighted by molar-refractivity contribution is 9.12. The van der Waals surface area contributed by atoms with Crippen molar-refractivity contribution < 1.29 is 14.5 Å². The maximum atomic E-state index is 12.9. The molecule has 0 bridgehead atoms. The summed E-state index contributed by atoms with van der Waals surface area (Å²) >= 11 is 7.18. The lowest BCUT2D eigenvalue weighted by molar-refractivity contribution is -0.384. The average Bonchev–Trinajstić information content (AvgIpc) is 2.92. The van der Waals surface area contributed by atoms with Gasteiger partial charge in [0.05, 0.1) is 22.4 Å². The van der Waals surface area contributed by atoms with Gasteiger partial charge < -0.3 is 0 Å². The van der Waals surface area contributed by atoms with E-state index in [0.29, 0.717) is 18.5 Å². The van der Waals surface area contributed by atoms with Crippen molar-refractivity contribution in [1.82, 2.24) is 0 Å². The molecule has 144 valence electrons. The predicted octanol–water partition coefficient (Wildman–Crippen LogP) is 4.69. The second-order valence-corrected chi connectivity index (χ2v) is 9.43. The van der Waals surface area contributed by atoms with Gasteiger partial charge in [-0.2, -0.15) is 0 Å². The lowest BCUT2D eigenvalue weighted by Crippen LogP contribution is -2.34. The number of nitro benzene ring substituents is 1. The van der Waals surface area contributed by atoms with Crippen LogP contribution in [0.4, 0.5) is 11.4 Å². The number of anilines is 1. The topological polar surface area (TPSA) is 80.5 Å². The molecular weight excluding hydrogens is 492 g/mol. The fraction of sp³-hybridized carbons (Fsp3) is 0.300. The Morgan fingerprint density at radius 1 is 0.821 bits per heavy atom. The number of amides is 2. The molecule has 1 aliphatic heterocycles. The van der Waals surface area contributed by atoms with Gasteiger partial charge in [-0.05, 0) is 48.2 Å². The number of carbonyl (C=O) groups excluding carboxylic acids is 2.